The molecule has 0 aliphatic rings. The first-order chi connectivity index (χ1) is 10.2. The van der Waals surface area contributed by atoms with Crippen LogP contribution in [-0.4, -0.2) is 20.3 Å². The van der Waals surface area contributed by atoms with Gasteiger partial charge in [0.1, 0.15) is 30.5 Å². The van der Waals surface area contributed by atoms with Gasteiger partial charge in [0, 0.05) is 6.54 Å². The first kappa shape index (κ1) is 15.8. The van der Waals surface area contributed by atoms with E-state index in [9.17, 15) is 4.39 Å². The standard InChI is InChI=1S/C16H17BrFNO2/c1-19-11-12-3-2-4-13(9-12)20-7-8-21-14-5-6-16(18)15(17)10-14/h2-6,9-10,19H,7-8,11H2,1H3. The minimum Gasteiger partial charge on any atom is -0.490 e. The van der Waals surface area contributed by atoms with Crippen LogP contribution in [0.3, 0.4) is 0 Å². The third kappa shape index (κ3) is 5.02. The number of halogens is 2. The van der Waals surface area contributed by atoms with E-state index in [1.54, 1.807) is 12.1 Å². The largest absolute Gasteiger partial charge is 0.490 e. The third-order valence-electron chi connectivity index (χ3n) is 2.79. The molecule has 0 amide bonds. The van der Waals surface area contributed by atoms with Gasteiger partial charge in [-0.2, -0.15) is 0 Å². The fourth-order valence-corrected chi connectivity index (χ4v) is 2.19. The van der Waals surface area contributed by atoms with E-state index >= 15 is 0 Å². The molecule has 112 valence electrons. The molecule has 3 nitrogen and oxygen atoms in total. The van der Waals surface area contributed by atoms with Gasteiger partial charge in [-0.3, -0.25) is 0 Å². The first-order valence-electron chi connectivity index (χ1n) is 6.63. The molecule has 2 aromatic carbocycles. The number of hydrogen-bond acceptors (Lipinski definition) is 3. The van der Waals surface area contributed by atoms with Gasteiger partial charge in [0.25, 0.3) is 0 Å². The number of rotatable bonds is 7. The van der Waals surface area contributed by atoms with Crippen molar-refractivity contribution in [3.63, 3.8) is 0 Å². The van der Waals surface area contributed by atoms with Crippen molar-refractivity contribution in [3.05, 3.63) is 58.3 Å². The van der Waals surface area contributed by atoms with Crippen molar-refractivity contribution in [3.8, 4) is 11.5 Å². The normalized spacial score (nSPS) is 10.4. The predicted molar refractivity (Wildman–Crippen MR) is 84.3 cm³/mol. The van der Waals surface area contributed by atoms with Crippen LogP contribution >= 0.6 is 15.9 Å². The van der Waals surface area contributed by atoms with Crippen LogP contribution in [0.5, 0.6) is 11.5 Å². The third-order valence-corrected chi connectivity index (χ3v) is 3.40. The predicted octanol–water partition coefficient (Wildman–Crippen LogP) is 3.77. The topological polar surface area (TPSA) is 30.5 Å². The number of nitrogens with one attached hydrogen (secondary N) is 1. The van der Waals surface area contributed by atoms with Crippen molar-refractivity contribution in [2.75, 3.05) is 20.3 Å². The van der Waals surface area contributed by atoms with Crippen LogP contribution in [0.15, 0.2) is 46.9 Å². The van der Waals surface area contributed by atoms with Crippen molar-refractivity contribution in [2.24, 2.45) is 0 Å². The lowest BCUT2D eigenvalue weighted by Crippen LogP contribution is -2.10. The SMILES string of the molecule is CNCc1cccc(OCCOc2ccc(F)c(Br)c2)c1. The smallest absolute Gasteiger partial charge is 0.137 e. The van der Waals surface area contributed by atoms with Gasteiger partial charge in [0.15, 0.2) is 0 Å². The van der Waals surface area contributed by atoms with E-state index in [1.165, 1.54) is 11.6 Å². The maximum absolute atomic E-state index is 13.1. The zero-order valence-electron chi connectivity index (χ0n) is 11.7. The molecule has 0 aliphatic heterocycles. The van der Waals surface area contributed by atoms with Crippen molar-refractivity contribution in [1.82, 2.24) is 5.32 Å². The van der Waals surface area contributed by atoms with Gasteiger partial charge in [-0.15, -0.1) is 0 Å². The Morgan fingerprint density at radius 3 is 2.43 bits per heavy atom. The molecule has 0 unspecified atom stereocenters. The highest BCUT2D eigenvalue weighted by Gasteiger charge is 2.01. The van der Waals surface area contributed by atoms with Gasteiger partial charge in [-0.05, 0) is 58.9 Å². The van der Waals surface area contributed by atoms with Crippen molar-refractivity contribution < 1.29 is 13.9 Å². The Morgan fingerprint density at radius 1 is 1.05 bits per heavy atom. The summed E-state index contributed by atoms with van der Waals surface area (Å²) in [6.45, 7) is 1.63. The van der Waals surface area contributed by atoms with Gasteiger partial charge in [0.05, 0.1) is 4.47 Å². The Labute approximate surface area is 132 Å². The van der Waals surface area contributed by atoms with Crippen LogP contribution in [0, 0.1) is 5.82 Å². The number of ether oxygens (including phenoxy) is 2. The number of hydrogen-bond donors (Lipinski definition) is 1. The van der Waals surface area contributed by atoms with Crippen LogP contribution < -0.4 is 14.8 Å². The average molecular weight is 354 g/mol. The molecule has 1 N–H and O–H groups in total. The highest BCUT2D eigenvalue weighted by molar-refractivity contribution is 9.10. The van der Waals surface area contributed by atoms with Crippen LogP contribution in [0.2, 0.25) is 0 Å². The molecule has 0 aliphatic carbocycles. The lowest BCUT2D eigenvalue weighted by Gasteiger charge is -2.10. The second-order valence-corrected chi connectivity index (χ2v) is 5.30. The Bertz CT molecular complexity index is 592. The summed E-state index contributed by atoms with van der Waals surface area (Å²) in [5.41, 5.74) is 1.17. The van der Waals surface area contributed by atoms with Crippen LogP contribution in [0.4, 0.5) is 4.39 Å². The van der Waals surface area contributed by atoms with E-state index in [0.717, 1.165) is 12.3 Å². The van der Waals surface area contributed by atoms with Crippen LogP contribution in [0.1, 0.15) is 5.56 Å². The monoisotopic (exact) mass is 353 g/mol. The molecule has 0 spiro atoms. The highest BCUT2D eigenvalue weighted by Crippen LogP contribution is 2.21. The lowest BCUT2D eigenvalue weighted by atomic mass is 10.2. The Morgan fingerprint density at radius 2 is 1.76 bits per heavy atom. The van der Waals surface area contributed by atoms with Gasteiger partial charge in [-0.1, -0.05) is 12.1 Å². The van der Waals surface area contributed by atoms with Crippen LogP contribution in [-0.2, 0) is 6.54 Å². The molecule has 0 atom stereocenters. The molecule has 0 saturated carbocycles. The molecule has 0 fully saturated rings. The summed E-state index contributed by atoms with van der Waals surface area (Å²) in [5.74, 6) is 1.11. The molecular formula is C16H17BrFNO2. The molecule has 0 bridgehead atoms. The molecule has 0 heterocycles. The second kappa shape index (κ2) is 8.00. The summed E-state index contributed by atoms with van der Waals surface area (Å²) in [4.78, 5) is 0. The minimum absolute atomic E-state index is 0.306. The van der Waals surface area contributed by atoms with Crippen molar-refractivity contribution in [2.45, 2.75) is 6.54 Å². The summed E-state index contributed by atoms with van der Waals surface area (Å²) >= 11 is 3.12. The van der Waals surface area contributed by atoms with E-state index in [2.05, 4.69) is 21.2 Å². The van der Waals surface area contributed by atoms with Gasteiger partial charge in [-0.25, -0.2) is 4.39 Å². The zero-order valence-corrected chi connectivity index (χ0v) is 13.3. The summed E-state index contributed by atoms with van der Waals surface area (Å²) in [5, 5.41) is 3.09. The lowest BCUT2D eigenvalue weighted by molar-refractivity contribution is 0.217. The maximum Gasteiger partial charge on any atom is 0.137 e. The number of benzene rings is 2. The molecular weight excluding hydrogens is 337 g/mol. The molecule has 0 saturated heterocycles. The van der Waals surface area contributed by atoms with E-state index in [-0.39, 0.29) is 5.82 Å². The van der Waals surface area contributed by atoms with E-state index in [0.29, 0.717) is 23.4 Å². The minimum atomic E-state index is -0.306. The molecule has 2 rings (SSSR count). The summed E-state index contributed by atoms with van der Waals surface area (Å²) in [7, 11) is 1.90. The van der Waals surface area contributed by atoms with Crippen molar-refractivity contribution in [1.29, 1.82) is 0 Å². The average Bonchev–Trinajstić information content (AvgIpc) is 2.48. The van der Waals surface area contributed by atoms with E-state index in [1.807, 2.05) is 31.3 Å². The molecule has 5 heteroatoms. The Hall–Kier alpha value is -1.59. The van der Waals surface area contributed by atoms with Gasteiger partial charge < -0.3 is 14.8 Å². The first-order valence-corrected chi connectivity index (χ1v) is 7.42. The van der Waals surface area contributed by atoms with Crippen molar-refractivity contribution >= 4 is 15.9 Å². The summed E-state index contributed by atoms with van der Waals surface area (Å²) in [6.07, 6.45) is 0. The quantitative estimate of drug-likeness (QED) is 0.768. The highest BCUT2D eigenvalue weighted by atomic mass is 79.9. The molecule has 2 aromatic rings. The zero-order chi connectivity index (χ0) is 15.1. The second-order valence-electron chi connectivity index (χ2n) is 4.45. The fourth-order valence-electron chi connectivity index (χ4n) is 1.84. The Balaban J connectivity index is 1.79. The summed E-state index contributed by atoms with van der Waals surface area (Å²) in [6, 6.07) is 12.5. The van der Waals surface area contributed by atoms with E-state index < -0.39 is 0 Å². The molecule has 0 aromatic heterocycles. The molecule has 21 heavy (non-hydrogen) atoms. The fraction of sp³-hybridized carbons (Fsp3) is 0.250. The van der Waals surface area contributed by atoms with Gasteiger partial charge >= 0.3 is 0 Å². The van der Waals surface area contributed by atoms with Crippen LogP contribution in [0.25, 0.3) is 0 Å². The van der Waals surface area contributed by atoms with Gasteiger partial charge in [0.2, 0.25) is 0 Å². The van der Waals surface area contributed by atoms with E-state index in [4.69, 9.17) is 9.47 Å². The Kier molecular flexibility index (Phi) is 6.02. The molecule has 0 radical (unpaired) electrons. The summed E-state index contributed by atoms with van der Waals surface area (Å²) < 4.78 is 24.6. The maximum atomic E-state index is 13.1.